The summed E-state index contributed by atoms with van der Waals surface area (Å²) in [7, 11) is 0. The Balaban J connectivity index is 1.20. The molecule has 238 valence electrons. The average molecular weight is 646 g/mol. The molecule has 0 radical (unpaired) electrons. The number of amidine groups is 2. The fourth-order valence-electron chi connectivity index (χ4n) is 6.72. The minimum atomic E-state index is 0.375. The van der Waals surface area contributed by atoms with Crippen molar-refractivity contribution in [2.45, 2.75) is 6.54 Å². The molecule has 50 heavy (non-hydrogen) atoms. The summed E-state index contributed by atoms with van der Waals surface area (Å²) in [5, 5.41) is 4.29. The lowest BCUT2D eigenvalue weighted by atomic mass is 9.96. The number of furan rings is 2. The number of benzene rings is 7. The van der Waals surface area contributed by atoms with E-state index in [1.807, 2.05) is 78.9 Å². The van der Waals surface area contributed by atoms with Crippen LogP contribution in [0.3, 0.4) is 0 Å². The molecular weight excluding hydrogens is 615 g/mol. The number of aliphatic imine (C=N–C) groups is 2. The molecule has 9 rings (SSSR count). The van der Waals surface area contributed by atoms with Crippen molar-refractivity contribution in [1.82, 2.24) is 0 Å². The molecule has 2 N–H and O–H groups in total. The minimum absolute atomic E-state index is 0.375. The fourth-order valence-corrected chi connectivity index (χ4v) is 6.72. The van der Waals surface area contributed by atoms with Crippen molar-refractivity contribution in [2.24, 2.45) is 15.7 Å². The van der Waals surface area contributed by atoms with Crippen LogP contribution in [0.4, 0.5) is 0 Å². The third kappa shape index (κ3) is 5.41. The highest BCUT2D eigenvalue weighted by atomic mass is 16.3. The third-order valence-electron chi connectivity index (χ3n) is 9.17. The highest BCUT2D eigenvalue weighted by Gasteiger charge is 2.17. The summed E-state index contributed by atoms with van der Waals surface area (Å²) in [6, 6.07) is 55.4. The maximum Gasteiger partial charge on any atom is 0.157 e. The average Bonchev–Trinajstić information content (AvgIpc) is 3.74. The highest BCUT2D eigenvalue weighted by Crippen LogP contribution is 2.38. The van der Waals surface area contributed by atoms with Gasteiger partial charge in [0.15, 0.2) is 5.84 Å². The van der Waals surface area contributed by atoms with Gasteiger partial charge in [-0.05, 0) is 64.2 Å². The molecule has 2 aromatic heterocycles. The summed E-state index contributed by atoms with van der Waals surface area (Å²) in [5.74, 6) is 0.886. The highest BCUT2D eigenvalue weighted by molar-refractivity contribution is 6.17. The van der Waals surface area contributed by atoms with E-state index >= 15 is 0 Å². The van der Waals surface area contributed by atoms with Crippen LogP contribution < -0.4 is 5.73 Å². The first-order valence-corrected chi connectivity index (χ1v) is 16.6. The number of rotatable bonds is 6. The van der Waals surface area contributed by atoms with Gasteiger partial charge in [0.2, 0.25) is 0 Å². The quantitative estimate of drug-likeness (QED) is 0.144. The van der Waals surface area contributed by atoms with E-state index in [1.54, 1.807) is 0 Å². The first kappa shape index (κ1) is 29.4. The van der Waals surface area contributed by atoms with Gasteiger partial charge in [0.1, 0.15) is 28.2 Å². The van der Waals surface area contributed by atoms with Crippen molar-refractivity contribution >= 4 is 55.5 Å². The molecule has 0 aliphatic carbocycles. The molecule has 0 atom stereocenters. The van der Waals surface area contributed by atoms with Gasteiger partial charge in [0.25, 0.3) is 0 Å². The van der Waals surface area contributed by atoms with E-state index in [-0.39, 0.29) is 0 Å². The van der Waals surface area contributed by atoms with Crippen LogP contribution in [0.2, 0.25) is 0 Å². The molecule has 7 aromatic carbocycles. The fraction of sp³-hybridized carbons (Fsp3) is 0.0222. The molecule has 0 spiro atoms. The first-order valence-electron chi connectivity index (χ1n) is 16.6. The summed E-state index contributed by atoms with van der Waals surface area (Å²) in [6.07, 6.45) is 0. The van der Waals surface area contributed by atoms with E-state index in [2.05, 4.69) is 84.9 Å². The Morgan fingerprint density at radius 3 is 1.92 bits per heavy atom. The molecule has 0 bridgehead atoms. The lowest BCUT2D eigenvalue weighted by Gasteiger charge is -2.10. The van der Waals surface area contributed by atoms with Crippen molar-refractivity contribution in [3.63, 3.8) is 0 Å². The van der Waals surface area contributed by atoms with Crippen molar-refractivity contribution in [3.05, 3.63) is 180 Å². The molecule has 0 unspecified atom stereocenters. The molecule has 0 saturated heterocycles. The van der Waals surface area contributed by atoms with Crippen molar-refractivity contribution in [2.75, 3.05) is 0 Å². The van der Waals surface area contributed by atoms with Crippen LogP contribution >= 0.6 is 0 Å². The summed E-state index contributed by atoms with van der Waals surface area (Å²) >= 11 is 0. The maximum absolute atomic E-state index is 6.82. The molecule has 5 heteroatoms. The van der Waals surface area contributed by atoms with Gasteiger partial charge in [0.05, 0.1) is 6.54 Å². The van der Waals surface area contributed by atoms with Crippen molar-refractivity contribution in [3.8, 4) is 22.3 Å². The van der Waals surface area contributed by atoms with E-state index in [9.17, 15) is 0 Å². The largest absolute Gasteiger partial charge is 0.456 e. The molecule has 0 fully saturated rings. The zero-order valence-corrected chi connectivity index (χ0v) is 27.1. The summed E-state index contributed by atoms with van der Waals surface area (Å²) < 4.78 is 12.6. The van der Waals surface area contributed by atoms with Crippen LogP contribution in [0.15, 0.2) is 183 Å². The monoisotopic (exact) mass is 645 g/mol. The summed E-state index contributed by atoms with van der Waals surface area (Å²) in [4.78, 5) is 10.2. The van der Waals surface area contributed by atoms with Gasteiger partial charge in [-0.1, -0.05) is 127 Å². The van der Waals surface area contributed by atoms with Gasteiger partial charge < -0.3 is 14.6 Å². The standard InChI is InChI=1S/C45H31N3O2/c46-44(33-17-11-16-32(25-33)30-12-3-1-4-13-30)48-45(47-28-29-22-23-36-35-18-7-9-20-39(35)49-41(36)24-29)34-26-38(31-14-5-2-6-15-31)43-37-19-8-10-21-40(37)50-42(43)27-34/h1-27H,28H2,(H2,46,47,48). The van der Waals surface area contributed by atoms with E-state index in [0.29, 0.717) is 18.2 Å². The van der Waals surface area contributed by atoms with Gasteiger partial charge in [-0.2, -0.15) is 0 Å². The van der Waals surface area contributed by atoms with Crippen LogP contribution in [0.25, 0.3) is 66.1 Å². The van der Waals surface area contributed by atoms with Gasteiger partial charge in [-0.3, -0.25) is 4.99 Å². The number of hydrogen-bond acceptors (Lipinski definition) is 3. The zero-order chi connectivity index (χ0) is 33.4. The molecular formula is C45H31N3O2. The van der Waals surface area contributed by atoms with Crippen LogP contribution in [-0.2, 0) is 6.54 Å². The Labute approximate surface area is 288 Å². The van der Waals surface area contributed by atoms with Crippen LogP contribution in [0, 0.1) is 0 Å². The van der Waals surface area contributed by atoms with Gasteiger partial charge in [-0.25, -0.2) is 4.99 Å². The minimum Gasteiger partial charge on any atom is -0.456 e. The molecule has 0 aliphatic heterocycles. The number of nitrogens with zero attached hydrogens (tertiary/aromatic N) is 2. The molecule has 9 aromatic rings. The molecule has 2 heterocycles. The summed E-state index contributed by atoms with van der Waals surface area (Å²) in [6.45, 7) is 0.377. The van der Waals surface area contributed by atoms with Crippen LogP contribution in [0.5, 0.6) is 0 Å². The van der Waals surface area contributed by atoms with Gasteiger partial charge >= 0.3 is 0 Å². The van der Waals surface area contributed by atoms with Crippen molar-refractivity contribution < 1.29 is 8.83 Å². The second-order valence-electron chi connectivity index (χ2n) is 12.4. The normalized spacial score (nSPS) is 12.4. The van der Waals surface area contributed by atoms with Gasteiger partial charge in [0, 0.05) is 32.7 Å². The lowest BCUT2D eigenvalue weighted by molar-refractivity contribution is 0.668. The second kappa shape index (κ2) is 12.4. The number of hydrogen-bond donors (Lipinski definition) is 1. The van der Waals surface area contributed by atoms with Crippen molar-refractivity contribution in [1.29, 1.82) is 0 Å². The third-order valence-corrected chi connectivity index (χ3v) is 9.17. The van der Waals surface area contributed by atoms with E-state index in [4.69, 9.17) is 24.6 Å². The van der Waals surface area contributed by atoms with Crippen LogP contribution in [0.1, 0.15) is 16.7 Å². The molecule has 0 amide bonds. The Morgan fingerprint density at radius 1 is 0.480 bits per heavy atom. The lowest BCUT2D eigenvalue weighted by Crippen LogP contribution is -2.16. The topological polar surface area (TPSA) is 77.0 Å². The first-order chi connectivity index (χ1) is 24.7. The Kier molecular flexibility index (Phi) is 7.29. The predicted octanol–water partition coefficient (Wildman–Crippen LogP) is 11.2. The van der Waals surface area contributed by atoms with Gasteiger partial charge in [-0.15, -0.1) is 0 Å². The summed E-state index contributed by atoms with van der Waals surface area (Å²) in [5.41, 5.74) is 17.0. The number of fused-ring (bicyclic) bond motifs is 6. The molecule has 5 nitrogen and oxygen atoms in total. The van der Waals surface area contributed by atoms with E-state index in [0.717, 1.165) is 82.8 Å². The number of para-hydroxylation sites is 2. The Bertz CT molecular complexity index is 2740. The Hall–Kier alpha value is -6.72. The maximum atomic E-state index is 6.82. The Morgan fingerprint density at radius 2 is 1.12 bits per heavy atom. The second-order valence-corrected chi connectivity index (χ2v) is 12.4. The van der Waals surface area contributed by atoms with E-state index < -0.39 is 0 Å². The molecule has 0 saturated carbocycles. The SMILES string of the molecule is NC(=NC(=NCc1ccc2c(c1)oc1ccccc12)c1cc(-c2ccccc2)c2c(c1)oc1ccccc12)c1cccc(-c2ccccc2)c1. The number of nitrogens with two attached hydrogens (primary N) is 1. The van der Waals surface area contributed by atoms with Crippen LogP contribution in [-0.4, -0.2) is 11.7 Å². The zero-order valence-electron chi connectivity index (χ0n) is 27.1. The van der Waals surface area contributed by atoms with E-state index in [1.165, 1.54) is 0 Å². The smallest absolute Gasteiger partial charge is 0.157 e. The predicted molar refractivity (Wildman–Crippen MR) is 206 cm³/mol. The molecule has 0 aliphatic rings.